The van der Waals surface area contributed by atoms with Crippen LogP contribution in [0.25, 0.3) is 0 Å². The lowest BCUT2D eigenvalue weighted by atomic mass is 9.87. The average molecular weight is 415 g/mol. The van der Waals surface area contributed by atoms with Crippen molar-refractivity contribution in [2.75, 3.05) is 0 Å². The second kappa shape index (κ2) is 7.14. The predicted octanol–water partition coefficient (Wildman–Crippen LogP) is 7.85. The summed E-state index contributed by atoms with van der Waals surface area (Å²) >= 11 is 0. The smallest absolute Gasteiger partial charge is 0.0728 e. The maximum atomic E-state index is 2.64. The second-order valence-corrected chi connectivity index (χ2v) is 24.3. The van der Waals surface area contributed by atoms with Gasteiger partial charge < -0.3 is 0 Å². The molecule has 0 amide bonds. The highest BCUT2D eigenvalue weighted by Gasteiger charge is 2.38. The molecule has 0 spiro atoms. The van der Waals surface area contributed by atoms with E-state index in [0.717, 1.165) is 9.52 Å². The molecule has 2 unspecified atom stereocenters. The van der Waals surface area contributed by atoms with Gasteiger partial charge in [-0.05, 0) is 33.1 Å². The Labute approximate surface area is 174 Å². The van der Waals surface area contributed by atoms with Gasteiger partial charge in [0.05, 0.1) is 25.7 Å². The normalized spacial score (nSPS) is 24.6. The fourth-order valence-electron chi connectivity index (χ4n) is 3.92. The van der Waals surface area contributed by atoms with Crippen molar-refractivity contribution < 1.29 is 0 Å². The van der Waals surface area contributed by atoms with Crippen LogP contribution in [0.2, 0.25) is 50.4 Å². The summed E-state index contributed by atoms with van der Waals surface area (Å²) in [5.41, 5.74) is 4.95. The van der Waals surface area contributed by atoms with Crippen molar-refractivity contribution in [1.82, 2.24) is 0 Å². The van der Waals surface area contributed by atoms with E-state index in [2.05, 4.69) is 105 Å². The van der Waals surface area contributed by atoms with Crippen LogP contribution in [0.3, 0.4) is 0 Å². The van der Waals surface area contributed by atoms with E-state index in [4.69, 9.17) is 0 Å². The minimum Gasteiger partial charge on any atom is -0.0772 e. The van der Waals surface area contributed by atoms with Gasteiger partial charge >= 0.3 is 0 Å². The third kappa shape index (κ3) is 5.36. The summed E-state index contributed by atoms with van der Waals surface area (Å²) in [6.45, 7) is 29.3. The molecule has 0 aliphatic heterocycles. The number of hydrogen-bond acceptors (Lipinski definition) is 0. The lowest BCUT2D eigenvalue weighted by molar-refractivity contribution is 0.517. The molecular weight excluding hydrogens is 373 g/mol. The molecular formula is C24H42Si3. The molecule has 0 aromatic rings. The van der Waals surface area contributed by atoms with E-state index in [9.17, 15) is 0 Å². The molecule has 0 saturated carbocycles. The van der Waals surface area contributed by atoms with Crippen LogP contribution in [0.4, 0.5) is 0 Å². The zero-order valence-electron chi connectivity index (χ0n) is 20.0. The van der Waals surface area contributed by atoms with E-state index >= 15 is 0 Å². The Morgan fingerprint density at radius 3 is 1.15 bits per heavy atom. The molecule has 2 atom stereocenters. The van der Waals surface area contributed by atoms with Crippen molar-refractivity contribution >= 4 is 25.7 Å². The van der Waals surface area contributed by atoms with Gasteiger partial charge in [0.1, 0.15) is 0 Å². The van der Waals surface area contributed by atoms with E-state index in [1.807, 2.05) is 0 Å². The zero-order chi connectivity index (χ0) is 21.0. The summed E-state index contributed by atoms with van der Waals surface area (Å²) in [7, 11) is -1.67. The molecule has 0 fully saturated rings. The summed E-state index contributed by atoms with van der Waals surface area (Å²) in [6, 6.07) is 0. The van der Waals surface area contributed by atoms with Gasteiger partial charge in [-0.2, -0.15) is 0 Å². The number of rotatable bonds is 4. The first kappa shape index (κ1) is 22.9. The van der Waals surface area contributed by atoms with E-state index in [-0.39, 0.29) is 10.8 Å². The van der Waals surface area contributed by atoms with Crippen molar-refractivity contribution in [3.8, 4) is 0 Å². The quantitative estimate of drug-likeness (QED) is 0.411. The molecule has 2 radical (unpaired) electrons. The van der Waals surface area contributed by atoms with E-state index in [1.165, 1.54) is 0 Å². The van der Waals surface area contributed by atoms with Crippen LogP contribution in [0.5, 0.6) is 0 Å². The van der Waals surface area contributed by atoms with Crippen LogP contribution in [0.1, 0.15) is 41.5 Å². The van der Waals surface area contributed by atoms with Crippen molar-refractivity contribution in [1.29, 1.82) is 0 Å². The Kier molecular flexibility index (Phi) is 6.05. The molecule has 2 aliphatic rings. The first-order valence-electron chi connectivity index (χ1n) is 10.6. The predicted molar refractivity (Wildman–Crippen MR) is 131 cm³/mol. The van der Waals surface area contributed by atoms with Gasteiger partial charge in [-0.15, -0.1) is 0 Å². The third-order valence-electron chi connectivity index (χ3n) is 5.81. The fourth-order valence-corrected chi connectivity index (χ4v) is 11.7. The SMILES string of the molecule is CC(C)(C)C1=CC([Si]C2C=C(C(C)(C)C)C=C2[Si](C)(C)C)C([Si](C)(C)C)=C1. The molecule has 0 aromatic carbocycles. The maximum Gasteiger partial charge on any atom is 0.0728 e. The topological polar surface area (TPSA) is 0 Å². The molecule has 0 bridgehead atoms. The largest absolute Gasteiger partial charge is 0.0772 e. The summed E-state index contributed by atoms with van der Waals surface area (Å²) in [5, 5.41) is 3.55. The van der Waals surface area contributed by atoms with Crippen LogP contribution < -0.4 is 0 Å². The first-order valence-corrected chi connectivity index (χ1v) is 18.7. The van der Waals surface area contributed by atoms with Gasteiger partial charge in [0.25, 0.3) is 0 Å². The third-order valence-corrected chi connectivity index (χ3v) is 12.4. The Bertz CT molecular complexity index is 643. The van der Waals surface area contributed by atoms with Crippen LogP contribution in [-0.2, 0) is 0 Å². The van der Waals surface area contributed by atoms with Crippen molar-refractivity contribution in [2.24, 2.45) is 10.8 Å². The second-order valence-electron chi connectivity index (χ2n) is 12.6. The summed E-state index contributed by atoms with van der Waals surface area (Å²) in [6.07, 6.45) is 10.4. The minimum absolute atomic E-state index is 0.254. The zero-order valence-corrected chi connectivity index (χ0v) is 23.0. The van der Waals surface area contributed by atoms with Crippen molar-refractivity contribution in [3.63, 3.8) is 0 Å². The Morgan fingerprint density at radius 1 is 0.630 bits per heavy atom. The van der Waals surface area contributed by atoms with Crippen molar-refractivity contribution in [2.45, 2.75) is 91.9 Å². The molecule has 2 rings (SSSR count). The Balaban J connectivity index is 2.41. The van der Waals surface area contributed by atoms with Gasteiger partial charge in [-0.25, -0.2) is 0 Å². The summed E-state index contributed by atoms with van der Waals surface area (Å²) in [4.78, 5) is 0. The van der Waals surface area contributed by atoms with E-state index in [0.29, 0.717) is 11.1 Å². The van der Waals surface area contributed by atoms with E-state index in [1.54, 1.807) is 21.5 Å². The molecule has 0 saturated heterocycles. The summed E-state index contributed by atoms with van der Waals surface area (Å²) < 4.78 is 0. The average Bonchev–Trinajstić information content (AvgIpc) is 3.00. The standard InChI is InChI=1S/C24H42Si3/c1-23(2,3)17-13-19(21(15-17)26(7,8)9)25-20-14-18(24(4,5)6)16-22(20)27(10,11)12/h13-16,19-20H,1-12H3. The van der Waals surface area contributed by atoms with Crippen LogP contribution in [0.15, 0.2) is 45.8 Å². The first-order chi connectivity index (χ1) is 11.9. The molecule has 0 aromatic heterocycles. The molecule has 0 heterocycles. The highest BCUT2D eigenvalue weighted by Crippen LogP contribution is 2.47. The van der Waals surface area contributed by atoms with E-state index < -0.39 is 16.1 Å². The molecule has 3 heteroatoms. The Hall–Kier alpha value is -0.389. The van der Waals surface area contributed by atoms with Crippen LogP contribution >= 0.6 is 0 Å². The monoisotopic (exact) mass is 414 g/mol. The lowest BCUT2D eigenvalue weighted by Gasteiger charge is -2.29. The molecule has 27 heavy (non-hydrogen) atoms. The lowest BCUT2D eigenvalue weighted by Crippen LogP contribution is -2.31. The van der Waals surface area contributed by atoms with Gasteiger partial charge in [0.2, 0.25) is 0 Å². The fraction of sp³-hybridized carbons (Fsp3) is 0.667. The van der Waals surface area contributed by atoms with Gasteiger partial charge in [0.15, 0.2) is 0 Å². The minimum atomic E-state index is -1.31. The molecule has 0 N–H and O–H groups in total. The van der Waals surface area contributed by atoms with Crippen LogP contribution in [-0.4, -0.2) is 25.7 Å². The number of hydrogen-bond donors (Lipinski definition) is 0. The van der Waals surface area contributed by atoms with Gasteiger partial charge in [-0.1, -0.05) is 116 Å². The molecule has 2 aliphatic carbocycles. The summed E-state index contributed by atoms with van der Waals surface area (Å²) in [5.74, 6) is 0. The van der Waals surface area contributed by atoms with Crippen LogP contribution in [0, 0.1) is 10.8 Å². The van der Waals surface area contributed by atoms with Gasteiger partial charge in [0, 0.05) is 0 Å². The highest BCUT2D eigenvalue weighted by molar-refractivity contribution is 6.86. The highest BCUT2D eigenvalue weighted by atomic mass is 28.3. The van der Waals surface area contributed by atoms with Crippen molar-refractivity contribution in [3.05, 3.63) is 45.8 Å². The molecule has 0 nitrogen and oxygen atoms in total. The van der Waals surface area contributed by atoms with Gasteiger partial charge in [-0.3, -0.25) is 0 Å². The Morgan fingerprint density at radius 2 is 0.926 bits per heavy atom. The maximum absolute atomic E-state index is 2.64. The molecule has 150 valence electrons. The number of allylic oxidation sites excluding steroid dienone is 8.